The van der Waals surface area contributed by atoms with Crippen LogP contribution in [0.15, 0.2) is 60.7 Å². The highest BCUT2D eigenvalue weighted by Gasteiger charge is 1.98. The standard InChI is InChI=1S/C13H11NO.2C2H6.2CH4/c15-14(13-9-5-2-6-10-13)11-12-7-3-1-4-8-12;2*1-2;;/h1-11H;2*1-2H3;2*1H4/b14-11-;;;;. The minimum Gasteiger partial charge on any atom is -0.618 e. The van der Waals surface area contributed by atoms with Gasteiger partial charge in [-0.15, -0.1) is 0 Å². The van der Waals surface area contributed by atoms with Gasteiger partial charge in [-0.25, -0.2) is 0 Å². The molecule has 0 radical (unpaired) electrons. The fraction of sp³-hybridized carbons (Fsp3) is 0.316. The van der Waals surface area contributed by atoms with Gasteiger partial charge in [0, 0.05) is 17.7 Å². The topological polar surface area (TPSA) is 26.1 Å². The molecule has 0 aliphatic rings. The predicted molar refractivity (Wildman–Crippen MR) is 97.5 cm³/mol. The lowest BCUT2D eigenvalue weighted by molar-refractivity contribution is -0.354. The van der Waals surface area contributed by atoms with E-state index in [1.54, 1.807) is 18.3 Å². The molecule has 0 saturated heterocycles. The van der Waals surface area contributed by atoms with Gasteiger partial charge in [-0.05, 0) is 12.1 Å². The predicted octanol–water partition coefficient (Wildman–Crippen LogP) is 6.27. The molecule has 0 N–H and O–H groups in total. The largest absolute Gasteiger partial charge is 0.618 e. The number of rotatable bonds is 2. The van der Waals surface area contributed by atoms with E-state index in [1.807, 2.05) is 76.2 Å². The summed E-state index contributed by atoms with van der Waals surface area (Å²) in [4.78, 5) is 0. The molecule has 0 saturated carbocycles. The van der Waals surface area contributed by atoms with E-state index in [-0.39, 0.29) is 14.9 Å². The minimum absolute atomic E-state index is 0. The zero-order valence-electron chi connectivity index (χ0n) is 12.2. The maximum Gasteiger partial charge on any atom is 0.216 e. The number of hydrogen-bond acceptors (Lipinski definition) is 1. The van der Waals surface area contributed by atoms with Gasteiger partial charge in [0.05, 0.1) is 0 Å². The summed E-state index contributed by atoms with van der Waals surface area (Å²) in [6.07, 6.45) is 1.56. The van der Waals surface area contributed by atoms with E-state index < -0.39 is 0 Å². The summed E-state index contributed by atoms with van der Waals surface area (Å²) in [6, 6.07) is 18.7. The normalized spacial score (nSPS) is 8.67. The Morgan fingerprint density at radius 1 is 0.714 bits per heavy atom. The van der Waals surface area contributed by atoms with Gasteiger partial charge in [0.2, 0.25) is 5.69 Å². The summed E-state index contributed by atoms with van der Waals surface area (Å²) >= 11 is 0. The van der Waals surface area contributed by atoms with Crippen LogP contribution in [-0.2, 0) is 0 Å². The van der Waals surface area contributed by atoms with Crippen molar-refractivity contribution in [3.63, 3.8) is 0 Å². The first-order valence-corrected chi connectivity index (χ1v) is 6.77. The fourth-order valence-corrected chi connectivity index (χ4v) is 1.32. The first-order chi connectivity index (χ1) is 9.36. The maximum absolute atomic E-state index is 11.7. The molecule has 0 fully saturated rings. The van der Waals surface area contributed by atoms with Gasteiger partial charge in [0.25, 0.3) is 0 Å². The lowest BCUT2D eigenvalue weighted by Crippen LogP contribution is -1.97. The summed E-state index contributed by atoms with van der Waals surface area (Å²) in [5, 5.41) is 11.7. The van der Waals surface area contributed by atoms with Crippen LogP contribution in [-0.4, -0.2) is 11.0 Å². The second-order valence-corrected chi connectivity index (χ2v) is 3.20. The molecule has 2 aromatic rings. The summed E-state index contributed by atoms with van der Waals surface area (Å²) in [6.45, 7) is 8.00. The van der Waals surface area contributed by atoms with E-state index in [0.717, 1.165) is 10.3 Å². The summed E-state index contributed by atoms with van der Waals surface area (Å²) in [7, 11) is 0. The summed E-state index contributed by atoms with van der Waals surface area (Å²) in [5.74, 6) is 0. The van der Waals surface area contributed by atoms with Crippen molar-refractivity contribution in [2.75, 3.05) is 0 Å². The highest BCUT2D eigenvalue weighted by molar-refractivity contribution is 5.76. The van der Waals surface area contributed by atoms with Crippen LogP contribution < -0.4 is 0 Å². The molecule has 0 unspecified atom stereocenters. The van der Waals surface area contributed by atoms with Gasteiger partial charge in [-0.1, -0.05) is 78.9 Å². The maximum atomic E-state index is 11.7. The van der Waals surface area contributed by atoms with Crippen LogP contribution in [0.2, 0.25) is 0 Å². The highest BCUT2D eigenvalue weighted by Crippen LogP contribution is 2.09. The van der Waals surface area contributed by atoms with E-state index in [1.165, 1.54) is 0 Å². The van der Waals surface area contributed by atoms with E-state index >= 15 is 0 Å². The van der Waals surface area contributed by atoms with Gasteiger partial charge in [0.1, 0.15) is 0 Å². The Morgan fingerprint density at radius 3 is 1.52 bits per heavy atom. The Bertz CT molecular complexity index is 450. The van der Waals surface area contributed by atoms with Crippen LogP contribution in [0.1, 0.15) is 48.1 Å². The molecule has 2 nitrogen and oxygen atoms in total. The molecule has 0 bridgehead atoms. The molecule has 2 rings (SSSR count). The summed E-state index contributed by atoms with van der Waals surface area (Å²) in [5.41, 5.74) is 1.54. The molecule has 0 amide bonds. The lowest BCUT2D eigenvalue weighted by atomic mass is 10.2. The number of hydrogen-bond donors (Lipinski definition) is 0. The van der Waals surface area contributed by atoms with E-state index in [2.05, 4.69) is 0 Å². The molecule has 0 atom stereocenters. The lowest BCUT2D eigenvalue weighted by Gasteiger charge is -2.01. The summed E-state index contributed by atoms with van der Waals surface area (Å²) < 4.78 is 0.870. The number of para-hydroxylation sites is 1. The molecule has 118 valence electrons. The van der Waals surface area contributed by atoms with Crippen molar-refractivity contribution >= 4 is 11.9 Å². The highest BCUT2D eigenvalue weighted by atomic mass is 16.5. The van der Waals surface area contributed by atoms with Crippen molar-refractivity contribution in [1.29, 1.82) is 0 Å². The number of nitrogens with zero attached hydrogens (tertiary/aromatic N) is 1. The van der Waals surface area contributed by atoms with Gasteiger partial charge < -0.3 is 5.21 Å². The van der Waals surface area contributed by atoms with Crippen LogP contribution in [0.3, 0.4) is 0 Å². The first-order valence-electron chi connectivity index (χ1n) is 6.77. The Balaban J connectivity index is -0.000000499. The monoisotopic (exact) mass is 289 g/mol. The van der Waals surface area contributed by atoms with E-state index in [0.29, 0.717) is 5.69 Å². The van der Waals surface area contributed by atoms with Gasteiger partial charge in [-0.2, -0.15) is 4.74 Å². The van der Waals surface area contributed by atoms with Crippen molar-refractivity contribution in [3.8, 4) is 0 Å². The van der Waals surface area contributed by atoms with Crippen molar-refractivity contribution in [2.45, 2.75) is 42.5 Å². The smallest absolute Gasteiger partial charge is 0.216 e. The van der Waals surface area contributed by atoms with Crippen molar-refractivity contribution in [1.82, 2.24) is 0 Å². The Kier molecular flexibility index (Phi) is 18.2. The van der Waals surface area contributed by atoms with Crippen molar-refractivity contribution in [3.05, 3.63) is 71.4 Å². The van der Waals surface area contributed by atoms with E-state index in [4.69, 9.17) is 0 Å². The Morgan fingerprint density at radius 2 is 1.10 bits per heavy atom. The van der Waals surface area contributed by atoms with Crippen LogP contribution in [0.5, 0.6) is 0 Å². The first kappa shape index (κ1) is 24.0. The van der Waals surface area contributed by atoms with Crippen LogP contribution in [0, 0.1) is 5.21 Å². The van der Waals surface area contributed by atoms with E-state index in [9.17, 15) is 5.21 Å². The zero-order valence-corrected chi connectivity index (χ0v) is 12.2. The molecular weight excluding hydrogens is 258 g/mol. The molecular formula is C19H31NO. The van der Waals surface area contributed by atoms with Gasteiger partial charge >= 0.3 is 0 Å². The molecule has 0 aromatic heterocycles. The molecule has 0 heterocycles. The SMILES string of the molecule is C.C.CC.CC.[O-]/[N+](=C\c1ccccc1)c1ccccc1. The van der Waals surface area contributed by atoms with Crippen LogP contribution in [0.4, 0.5) is 5.69 Å². The minimum atomic E-state index is 0. The third-order valence-corrected chi connectivity index (χ3v) is 2.08. The van der Waals surface area contributed by atoms with Crippen LogP contribution in [0.25, 0.3) is 0 Å². The molecule has 0 aliphatic heterocycles. The third-order valence-electron chi connectivity index (χ3n) is 2.08. The van der Waals surface area contributed by atoms with Crippen LogP contribution >= 0.6 is 0 Å². The van der Waals surface area contributed by atoms with Crippen molar-refractivity contribution in [2.24, 2.45) is 0 Å². The molecule has 2 heteroatoms. The third kappa shape index (κ3) is 9.44. The van der Waals surface area contributed by atoms with Gasteiger partial charge in [-0.3, -0.25) is 0 Å². The van der Waals surface area contributed by atoms with Crippen molar-refractivity contribution < 1.29 is 4.74 Å². The Hall–Kier alpha value is -2.09. The molecule has 0 spiro atoms. The average Bonchev–Trinajstić information content (AvgIpc) is 2.53. The molecule has 2 aromatic carbocycles. The molecule has 21 heavy (non-hydrogen) atoms. The fourth-order valence-electron chi connectivity index (χ4n) is 1.32. The Labute approximate surface area is 131 Å². The molecule has 0 aliphatic carbocycles. The quantitative estimate of drug-likeness (QED) is 0.277. The number of benzene rings is 2. The zero-order chi connectivity index (χ0) is 14.5. The second kappa shape index (κ2) is 16.0. The van der Waals surface area contributed by atoms with Gasteiger partial charge in [0.15, 0.2) is 6.21 Å². The average molecular weight is 289 g/mol. The second-order valence-electron chi connectivity index (χ2n) is 3.20.